The van der Waals surface area contributed by atoms with Gasteiger partial charge in [0.05, 0.1) is 21.6 Å². The molecule has 29 heavy (non-hydrogen) atoms. The molecule has 152 valence electrons. The number of nitrogens with one attached hydrogen (secondary N) is 1. The van der Waals surface area contributed by atoms with Crippen molar-refractivity contribution in [3.8, 4) is 0 Å². The Morgan fingerprint density at radius 3 is 2.72 bits per heavy atom. The van der Waals surface area contributed by atoms with Crippen molar-refractivity contribution in [3.63, 3.8) is 0 Å². The highest BCUT2D eigenvalue weighted by molar-refractivity contribution is 6.31. The van der Waals surface area contributed by atoms with Gasteiger partial charge in [0, 0.05) is 32.2 Å². The summed E-state index contributed by atoms with van der Waals surface area (Å²) in [6.45, 7) is 0.261. The second-order valence-corrected chi connectivity index (χ2v) is 6.74. The lowest BCUT2D eigenvalue weighted by molar-refractivity contribution is -0.137. The summed E-state index contributed by atoms with van der Waals surface area (Å²) in [6, 6.07) is 7.72. The molecule has 0 saturated heterocycles. The summed E-state index contributed by atoms with van der Waals surface area (Å²) in [7, 11) is 1.79. The second kappa shape index (κ2) is 8.24. The minimum Gasteiger partial charge on any atom is -0.352 e. The van der Waals surface area contributed by atoms with Gasteiger partial charge in [-0.25, -0.2) is 9.37 Å². The van der Waals surface area contributed by atoms with Crippen LogP contribution in [0.5, 0.6) is 0 Å². The minimum absolute atomic E-state index is 0.203. The lowest BCUT2D eigenvalue weighted by Crippen LogP contribution is -2.24. The third-order valence-corrected chi connectivity index (χ3v) is 4.64. The molecule has 0 saturated carbocycles. The summed E-state index contributed by atoms with van der Waals surface area (Å²) in [5.41, 5.74) is 0.544. The molecule has 1 amide bonds. The van der Waals surface area contributed by atoms with Crippen LogP contribution in [0.25, 0.3) is 17.1 Å². The van der Waals surface area contributed by atoms with Crippen LogP contribution in [0.15, 0.2) is 42.5 Å². The largest absolute Gasteiger partial charge is 0.417 e. The average Bonchev–Trinajstić information content (AvgIpc) is 2.95. The van der Waals surface area contributed by atoms with Crippen LogP contribution in [0, 0.1) is 5.82 Å². The standard InChI is InChI=1S/C20H16ClF4N3O/c1-28-17-6-4-13(22)11-16(17)27-18(28)8-9-26-19(29)7-3-12-2-5-15(21)14(10-12)20(23,24)25/h2-7,10-11H,8-9H2,1H3,(H,26,29). The summed E-state index contributed by atoms with van der Waals surface area (Å²) in [5.74, 6) is -0.169. The van der Waals surface area contributed by atoms with Gasteiger partial charge >= 0.3 is 6.18 Å². The van der Waals surface area contributed by atoms with Crippen LogP contribution in [-0.4, -0.2) is 22.0 Å². The molecule has 1 aromatic heterocycles. The Morgan fingerprint density at radius 1 is 1.24 bits per heavy atom. The molecular weight excluding hydrogens is 410 g/mol. The van der Waals surface area contributed by atoms with Gasteiger partial charge in [-0.1, -0.05) is 17.7 Å². The van der Waals surface area contributed by atoms with E-state index in [1.165, 1.54) is 24.3 Å². The topological polar surface area (TPSA) is 46.9 Å². The first-order valence-corrected chi connectivity index (χ1v) is 8.96. The summed E-state index contributed by atoms with van der Waals surface area (Å²) >= 11 is 5.57. The van der Waals surface area contributed by atoms with E-state index in [-0.39, 0.29) is 17.9 Å². The lowest BCUT2D eigenvalue weighted by Gasteiger charge is -2.09. The Bertz CT molecular complexity index is 1090. The van der Waals surface area contributed by atoms with Crippen molar-refractivity contribution in [2.45, 2.75) is 12.6 Å². The van der Waals surface area contributed by atoms with E-state index < -0.39 is 22.7 Å². The highest BCUT2D eigenvalue weighted by Gasteiger charge is 2.33. The fraction of sp³-hybridized carbons (Fsp3) is 0.200. The maximum atomic E-state index is 13.3. The maximum Gasteiger partial charge on any atom is 0.417 e. The Kier molecular flexibility index (Phi) is 5.93. The van der Waals surface area contributed by atoms with Gasteiger partial charge in [-0.05, 0) is 35.9 Å². The molecule has 9 heteroatoms. The van der Waals surface area contributed by atoms with Gasteiger partial charge in [-0.3, -0.25) is 4.79 Å². The van der Waals surface area contributed by atoms with E-state index in [0.717, 1.165) is 23.7 Å². The quantitative estimate of drug-likeness (QED) is 0.473. The van der Waals surface area contributed by atoms with E-state index in [4.69, 9.17) is 11.6 Å². The number of carbonyl (C=O) groups is 1. The van der Waals surface area contributed by atoms with Gasteiger partial charge in [-0.2, -0.15) is 13.2 Å². The molecule has 3 aromatic rings. The normalized spacial score (nSPS) is 12.1. The number of rotatable bonds is 5. The number of hydrogen-bond donors (Lipinski definition) is 1. The van der Waals surface area contributed by atoms with Crippen molar-refractivity contribution >= 4 is 34.6 Å². The molecule has 0 aliphatic rings. The molecule has 3 rings (SSSR count). The van der Waals surface area contributed by atoms with Crippen molar-refractivity contribution in [2.24, 2.45) is 7.05 Å². The van der Waals surface area contributed by atoms with Crippen LogP contribution in [0.1, 0.15) is 17.0 Å². The molecule has 0 aliphatic carbocycles. The third kappa shape index (κ3) is 4.95. The number of alkyl halides is 3. The van der Waals surface area contributed by atoms with Gasteiger partial charge in [0.1, 0.15) is 11.6 Å². The summed E-state index contributed by atoms with van der Waals surface area (Å²) in [6.07, 6.45) is -1.74. The van der Waals surface area contributed by atoms with Crippen LogP contribution in [-0.2, 0) is 24.4 Å². The SMILES string of the molecule is Cn1c(CCNC(=O)C=Cc2ccc(Cl)c(C(F)(F)F)c2)nc2cc(F)ccc21. The lowest BCUT2D eigenvalue weighted by atomic mass is 10.1. The monoisotopic (exact) mass is 425 g/mol. The molecule has 0 bridgehead atoms. The highest BCUT2D eigenvalue weighted by atomic mass is 35.5. The van der Waals surface area contributed by atoms with E-state index >= 15 is 0 Å². The van der Waals surface area contributed by atoms with E-state index in [1.807, 2.05) is 4.57 Å². The number of fused-ring (bicyclic) bond motifs is 1. The zero-order chi connectivity index (χ0) is 21.2. The smallest absolute Gasteiger partial charge is 0.352 e. The van der Waals surface area contributed by atoms with Crippen molar-refractivity contribution in [1.82, 2.24) is 14.9 Å². The van der Waals surface area contributed by atoms with E-state index in [2.05, 4.69) is 10.3 Å². The number of aromatic nitrogens is 2. The van der Waals surface area contributed by atoms with Gasteiger partial charge in [0.2, 0.25) is 5.91 Å². The summed E-state index contributed by atoms with van der Waals surface area (Å²) < 4.78 is 53.7. The number of amides is 1. The molecule has 4 nitrogen and oxygen atoms in total. The molecule has 2 aromatic carbocycles. The maximum absolute atomic E-state index is 13.3. The molecule has 1 N–H and O–H groups in total. The first-order chi connectivity index (χ1) is 13.6. The Hall–Kier alpha value is -2.87. The van der Waals surface area contributed by atoms with Gasteiger partial charge in [0.15, 0.2) is 0 Å². The number of halogens is 5. The molecule has 0 unspecified atom stereocenters. The van der Waals surface area contributed by atoms with E-state index in [9.17, 15) is 22.4 Å². The van der Waals surface area contributed by atoms with E-state index in [0.29, 0.717) is 17.8 Å². The van der Waals surface area contributed by atoms with Crippen LogP contribution in [0.2, 0.25) is 5.02 Å². The van der Waals surface area contributed by atoms with E-state index in [1.54, 1.807) is 13.1 Å². The summed E-state index contributed by atoms with van der Waals surface area (Å²) in [4.78, 5) is 16.3. The van der Waals surface area contributed by atoms with Crippen molar-refractivity contribution in [1.29, 1.82) is 0 Å². The number of aryl methyl sites for hydroxylation is 1. The van der Waals surface area contributed by atoms with Crippen molar-refractivity contribution in [2.75, 3.05) is 6.54 Å². The molecular formula is C20H16ClF4N3O. The second-order valence-electron chi connectivity index (χ2n) is 6.33. The number of carbonyl (C=O) groups excluding carboxylic acids is 1. The average molecular weight is 426 g/mol. The Morgan fingerprint density at radius 2 is 2.00 bits per heavy atom. The van der Waals surface area contributed by atoms with Crippen molar-refractivity contribution in [3.05, 3.63) is 70.3 Å². The molecule has 0 aliphatic heterocycles. The number of hydrogen-bond acceptors (Lipinski definition) is 2. The predicted octanol–water partition coefficient (Wildman–Crippen LogP) is 4.76. The number of nitrogens with zero attached hydrogens (tertiary/aromatic N) is 2. The van der Waals surface area contributed by atoms with Gasteiger partial charge in [0.25, 0.3) is 0 Å². The highest BCUT2D eigenvalue weighted by Crippen LogP contribution is 2.35. The molecule has 1 heterocycles. The molecule has 0 atom stereocenters. The molecule has 0 fully saturated rings. The fourth-order valence-corrected chi connectivity index (χ4v) is 3.06. The van der Waals surface area contributed by atoms with Crippen molar-refractivity contribution < 1.29 is 22.4 Å². The first kappa shape index (κ1) is 20.9. The molecule has 0 spiro atoms. The Labute approximate surface area is 168 Å². The van der Waals surface area contributed by atoms with Crippen LogP contribution < -0.4 is 5.32 Å². The molecule has 0 radical (unpaired) electrons. The van der Waals surface area contributed by atoms with Gasteiger partial charge < -0.3 is 9.88 Å². The third-order valence-electron chi connectivity index (χ3n) is 4.31. The minimum atomic E-state index is -4.57. The van der Waals surface area contributed by atoms with Crippen LogP contribution >= 0.6 is 11.6 Å². The fourth-order valence-electron chi connectivity index (χ4n) is 2.84. The zero-order valence-corrected chi connectivity index (χ0v) is 16.0. The van der Waals surface area contributed by atoms with Crippen LogP contribution in [0.3, 0.4) is 0 Å². The first-order valence-electron chi connectivity index (χ1n) is 8.58. The Balaban J connectivity index is 1.60. The summed E-state index contributed by atoms with van der Waals surface area (Å²) in [5, 5.41) is 2.24. The number of imidazole rings is 1. The predicted molar refractivity (Wildman–Crippen MR) is 103 cm³/mol. The van der Waals surface area contributed by atoms with Crippen LogP contribution in [0.4, 0.5) is 17.6 Å². The number of benzene rings is 2. The zero-order valence-electron chi connectivity index (χ0n) is 15.2. The van der Waals surface area contributed by atoms with Gasteiger partial charge in [-0.15, -0.1) is 0 Å².